The van der Waals surface area contributed by atoms with Crippen LogP contribution < -0.4 is 0 Å². The normalized spacial score (nSPS) is 17.8. The molecule has 1 amide bonds. The summed E-state index contributed by atoms with van der Waals surface area (Å²) < 4.78 is 6.65. The van der Waals surface area contributed by atoms with Gasteiger partial charge in [0.25, 0.3) is 5.91 Å². The Morgan fingerprint density at radius 2 is 2.04 bits per heavy atom. The van der Waals surface area contributed by atoms with E-state index in [-0.39, 0.29) is 19.0 Å². The Labute approximate surface area is 142 Å². The van der Waals surface area contributed by atoms with Crippen LogP contribution in [0.5, 0.6) is 0 Å². The summed E-state index contributed by atoms with van der Waals surface area (Å²) in [4.78, 5) is 29.1. The molecule has 2 aromatic rings. The summed E-state index contributed by atoms with van der Waals surface area (Å²) in [5, 5.41) is 13.9. The molecule has 2 heterocycles. The quantitative estimate of drug-likeness (QED) is 0.892. The second kappa shape index (κ2) is 6.58. The Kier molecular flexibility index (Phi) is 4.50. The largest absolute Gasteiger partial charge is 0.479 e. The molecule has 9 heteroatoms. The van der Waals surface area contributed by atoms with Gasteiger partial charge >= 0.3 is 5.97 Å². The lowest BCUT2D eigenvalue weighted by molar-refractivity contribution is -0.154. The molecule has 0 saturated carbocycles. The predicted molar refractivity (Wildman–Crippen MR) is 84.4 cm³/mol. The number of carbonyl (C=O) groups excluding carboxylic acids is 1. The lowest BCUT2D eigenvalue weighted by Crippen LogP contribution is -2.48. The van der Waals surface area contributed by atoms with E-state index < -0.39 is 18.0 Å². The van der Waals surface area contributed by atoms with Crippen LogP contribution in [0.4, 0.5) is 0 Å². The monoisotopic (exact) mass is 350 g/mol. The Balaban J connectivity index is 1.82. The minimum absolute atomic E-state index is 0.0217. The number of aromatic nitrogens is 3. The van der Waals surface area contributed by atoms with Gasteiger partial charge in [-0.1, -0.05) is 11.6 Å². The smallest absolute Gasteiger partial charge is 0.334 e. The molecule has 1 aliphatic heterocycles. The summed E-state index contributed by atoms with van der Waals surface area (Å²) in [7, 11) is 0. The van der Waals surface area contributed by atoms with Crippen molar-refractivity contribution in [3.05, 3.63) is 40.9 Å². The molecule has 126 valence electrons. The maximum absolute atomic E-state index is 12.5. The van der Waals surface area contributed by atoms with Gasteiger partial charge in [-0.3, -0.25) is 4.79 Å². The van der Waals surface area contributed by atoms with E-state index in [1.54, 1.807) is 35.9 Å². The Morgan fingerprint density at radius 1 is 1.33 bits per heavy atom. The van der Waals surface area contributed by atoms with Crippen molar-refractivity contribution in [2.75, 3.05) is 19.7 Å². The molecule has 0 aliphatic carbocycles. The molecule has 1 fully saturated rings. The van der Waals surface area contributed by atoms with Gasteiger partial charge in [-0.25, -0.2) is 14.5 Å². The van der Waals surface area contributed by atoms with Crippen LogP contribution in [0.3, 0.4) is 0 Å². The van der Waals surface area contributed by atoms with Gasteiger partial charge in [0, 0.05) is 11.6 Å². The van der Waals surface area contributed by atoms with Crippen LogP contribution in [0, 0.1) is 6.92 Å². The second-order valence-electron chi connectivity index (χ2n) is 5.32. The highest BCUT2D eigenvalue weighted by Crippen LogP contribution is 2.15. The highest BCUT2D eigenvalue weighted by Gasteiger charge is 2.31. The first-order chi connectivity index (χ1) is 11.5. The molecule has 1 aromatic heterocycles. The molecule has 1 saturated heterocycles. The number of carbonyl (C=O) groups is 2. The van der Waals surface area contributed by atoms with E-state index in [0.29, 0.717) is 17.4 Å². The van der Waals surface area contributed by atoms with Gasteiger partial charge in [0.15, 0.2) is 6.10 Å². The van der Waals surface area contributed by atoms with Gasteiger partial charge in [0.05, 0.1) is 18.8 Å². The molecule has 0 bridgehead atoms. The minimum atomic E-state index is -1.09. The van der Waals surface area contributed by atoms with Crippen LogP contribution in [0.25, 0.3) is 5.69 Å². The Bertz CT molecular complexity index is 774. The van der Waals surface area contributed by atoms with Crippen LogP contribution >= 0.6 is 11.6 Å². The van der Waals surface area contributed by atoms with E-state index in [9.17, 15) is 9.59 Å². The zero-order chi connectivity index (χ0) is 17.3. The van der Waals surface area contributed by atoms with Crippen molar-refractivity contribution < 1.29 is 19.4 Å². The number of benzene rings is 1. The van der Waals surface area contributed by atoms with Crippen molar-refractivity contribution >= 4 is 23.5 Å². The number of morpholine rings is 1. The summed E-state index contributed by atoms with van der Waals surface area (Å²) in [5.74, 6) is -0.944. The van der Waals surface area contributed by atoms with Gasteiger partial charge in [-0.15, -0.1) is 5.10 Å². The maximum Gasteiger partial charge on any atom is 0.334 e. The van der Waals surface area contributed by atoms with Crippen molar-refractivity contribution in [3.8, 4) is 5.69 Å². The number of hydrogen-bond acceptors (Lipinski definition) is 5. The standard InChI is InChI=1S/C15H15ClN4O4/c1-9-17-13(18-20(9)11-4-2-10(16)3-5-11)14(21)19-6-7-24-12(8-19)15(22)23/h2-5,12H,6-8H2,1H3,(H,22,23)/t12-/m1/s1. The summed E-state index contributed by atoms with van der Waals surface area (Å²) in [6, 6.07) is 6.98. The third-order valence-electron chi connectivity index (χ3n) is 3.66. The zero-order valence-corrected chi connectivity index (χ0v) is 13.6. The topological polar surface area (TPSA) is 97.6 Å². The Morgan fingerprint density at radius 3 is 2.71 bits per heavy atom. The molecule has 24 heavy (non-hydrogen) atoms. The fourth-order valence-electron chi connectivity index (χ4n) is 2.43. The molecule has 1 aromatic carbocycles. The number of hydrogen-bond donors (Lipinski definition) is 1. The number of carboxylic acid groups (broad SMARTS) is 1. The maximum atomic E-state index is 12.5. The van der Waals surface area contributed by atoms with Crippen molar-refractivity contribution in [1.29, 1.82) is 0 Å². The molecule has 1 atom stereocenters. The van der Waals surface area contributed by atoms with Gasteiger partial charge in [-0.2, -0.15) is 0 Å². The number of aryl methyl sites for hydroxylation is 1. The Hall–Kier alpha value is -2.45. The highest BCUT2D eigenvalue weighted by molar-refractivity contribution is 6.30. The molecule has 0 spiro atoms. The molecule has 1 N–H and O–H groups in total. The van der Waals surface area contributed by atoms with Crippen molar-refractivity contribution in [3.63, 3.8) is 0 Å². The summed E-state index contributed by atoms with van der Waals surface area (Å²) in [6.45, 7) is 2.18. The van der Waals surface area contributed by atoms with Crippen LogP contribution in [0.15, 0.2) is 24.3 Å². The van der Waals surface area contributed by atoms with E-state index in [1.165, 1.54) is 4.90 Å². The molecular weight excluding hydrogens is 336 g/mol. The fraction of sp³-hybridized carbons (Fsp3) is 0.333. The van der Waals surface area contributed by atoms with E-state index in [1.807, 2.05) is 0 Å². The summed E-state index contributed by atoms with van der Waals surface area (Å²) in [5.41, 5.74) is 0.730. The summed E-state index contributed by atoms with van der Waals surface area (Å²) in [6.07, 6.45) is -1.03. The summed E-state index contributed by atoms with van der Waals surface area (Å²) >= 11 is 5.87. The minimum Gasteiger partial charge on any atom is -0.479 e. The van der Waals surface area contributed by atoms with Gasteiger partial charge in [0.2, 0.25) is 5.82 Å². The first kappa shape index (κ1) is 16.4. The van der Waals surface area contributed by atoms with Crippen molar-refractivity contribution in [2.45, 2.75) is 13.0 Å². The van der Waals surface area contributed by atoms with Crippen LogP contribution in [0.1, 0.15) is 16.4 Å². The molecule has 0 radical (unpaired) electrons. The third-order valence-corrected chi connectivity index (χ3v) is 3.91. The SMILES string of the molecule is Cc1nc(C(=O)N2CCO[C@@H](C(=O)O)C2)nn1-c1ccc(Cl)cc1. The van der Waals surface area contributed by atoms with E-state index in [2.05, 4.69) is 10.1 Å². The first-order valence-corrected chi connectivity index (χ1v) is 7.67. The van der Waals surface area contributed by atoms with Crippen LogP contribution in [-0.4, -0.2) is 62.4 Å². The fourth-order valence-corrected chi connectivity index (χ4v) is 2.56. The van der Waals surface area contributed by atoms with Gasteiger partial charge in [-0.05, 0) is 31.2 Å². The van der Waals surface area contributed by atoms with Crippen molar-refractivity contribution in [2.24, 2.45) is 0 Å². The molecule has 0 unspecified atom stereocenters. The predicted octanol–water partition coefficient (Wildman–Crippen LogP) is 1.15. The number of halogens is 1. The molecule has 1 aliphatic rings. The number of aliphatic carboxylic acids is 1. The number of nitrogens with zero attached hydrogens (tertiary/aromatic N) is 4. The average Bonchev–Trinajstić information content (AvgIpc) is 2.97. The van der Waals surface area contributed by atoms with E-state index in [0.717, 1.165) is 5.69 Å². The average molecular weight is 351 g/mol. The first-order valence-electron chi connectivity index (χ1n) is 7.29. The number of amides is 1. The molecule has 8 nitrogen and oxygen atoms in total. The lowest BCUT2D eigenvalue weighted by Gasteiger charge is -2.29. The molecule has 3 rings (SSSR count). The number of carboxylic acids is 1. The van der Waals surface area contributed by atoms with Gasteiger partial charge in [0.1, 0.15) is 5.82 Å². The van der Waals surface area contributed by atoms with Crippen LogP contribution in [-0.2, 0) is 9.53 Å². The number of ether oxygens (including phenoxy) is 1. The zero-order valence-electron chi connectivity index (χ0n) is 12.8. The van der Waals surface area contributed by atoms with E-state index in [4.69, 9.17) is 21.4 Å². The lowest BCUT2D eigenvalue weighted by atomic mass is 10.2. The molecular formula is C15H15ClN4O4. The third kappa shape index (κ3) is 3.24. The van der Waals surface area contributed by atoms with Crippen LogP contribution in [0.2, 0.25) is 5.02 Å². The second-order valence-corrected chi connectivity index (χ2v) is 5.76. The van der Waals surface area contributed by atoms with E-state index >= 15 is 0 Å². The van der Waals surface area contributed by atoms with Gasteiger partial charge < -0.3 is 14.7 Å². The highest BCUT2D eigenvalue weighted by atomic mass is 35.5. The number of rotatable bonds is 3. The van der Waals surface area contributed by atoms with Crippen molar-refractivity contribution in [1.82, 2.24) is 19.7 Å².